The Morgan fingerprint density at radius 2 is 1.90 bits per heavy atom. The highest BCUT2D eigenvalue weighted by molar-refractivity contribution is 5.86. The fourth-order valence-electron chi connectivity index (χ4n) is 4.55. The average molecular weight is 277 g/mol. The van der Waals surface area contributed by atoms with Crippen molar-refractivity contribution in [2.75, 3.05) is 13.1 Å². The number of likely N-dealkylation sites (tertiary alicyclic amines) is 2. The zero-order valence-electron chi connectivity index (χ0n) is 12.7. The van der Waals surface area contributed by atoms with E-state index in [4.69, 9.17) is 0 Å². The van der Waals surface area contributed by atoms with Crippen molar-refractivity contribution in [3.8, 4) is 0 Å². The van der Waals surface area contributed by atoms with Crippen LogP contribution in [0.15, 0.2) is 0 Å². The number of hydrogen-bond acceptors (Lipinski definition) is 3. The molecule has 1 amide bonds. The standard InChI is InChI=1S/C16H27N3O/c1-10(2)18-8-3-4-12-13(18)7-9-19(12)16(20)15-14(17-15)11-5-6-11/h10-15,17H,3-9H2,1-2H3/t12?,13?,14-,15+/m0/s1. The summed E-state index contributed by atoms with van der Waals surface area (Å²) in [5, 5.41) is 3.43. The summed E-state index contributed by atoms with van der Waals surface area (Å²) >= 11 is 0. The Morgan fingerprint density at radius 3 is 2.60 bits per heavy atom. The molecule has 0 aromatic carbocycles. The molecular weight excluding hydrogens is 250 g/mol. The van der Waals surface area contributed by atoms with Crippen LogP contribution in [0.3, 0.4) is 0 Å². The molecule has 0 spiro atoms. The van der Waals surface area contributed by atoms with E-state index in [1.807, 2.05) is 0 Å². The van der Waals surface area contributed by atoms with Crippen LogP contribution < -0.4 is 5.32 Å². The molecule has 1 aliphatic carbocycles. The quantitative estimate of drug-likeness (QED) is 0.789. The van der Waals surface area contributed by atoms with E-state index < -0.39 is 0 Å². The van der Waals surface area contributed by atoms with Gasteiger partial charge < -0.3 is 4.90 Å². The van der Waals surface area contributed by atoms with Crippen LogP contribution in [-0.4, -0.2) is 59.0 Å². The molecular formula is C16H27N3O. The fraction of sp³-hybridized carbons (Fsp3) is 0.938. The van der Waals surface area contributed by atoms with Crippen molar-refractivity contribution in [1.29, 1.82) is 0 Å². The molecule has 3 aliphatic heterocycles. The van der Waals surface area contributed by atoms with Crippen molar-refractivity contribution in [3.05, 3.63) is 0 Å². The maximum absolute atomic E-state index is 12.7. The van der Waals surface area contributed by atoms with Gasteiger partial charge in [-0.1, -0.05) is 0 Å². The van der Waals surface area contributed by atoms with Gasteiger partial charge in [0.15, 0.2) is 0 Å². The molecule has 20 heavy (non-hydrogen) atoms. The number of piperidine rings is 1. The number of carbonyl (C=O) groups excluding carboxylic acids is 1. The maximum Gasteiger partial charge on any atom is 0.241 e. The fourth-order valence-corrected chi connectivity index (χ4v) is 4.55. The van der Waals surface area contributed by atoms with Gasteiger partial charge in [-0.05, 0) is 58.4 Å². The van der Waals surface area contributed by atoms with Gasteiger partial charge in [0.05, 0.1) is 0 Å². The van der Waals surface area contributed by atoms with Gasteiger partial charge in [-0.15, -0.1) is 0 Å². The molecule has 4 rings (SSSR count). The highest BCUT2D eigenvalue weighted by Crippen LogP contribution is 2.41. The van der Waals surface area contributed by atoms with E-state index in [9.17, 15) is 4.79 Å². The minimum Gasteiger partial charge on any atom is -0.337 e. The summed E-state index contributed by atoms with van der Waals surface area (Å²) in [6.45, 7) is 6.77. The van der Waals surface area contributed by atoms with Crippen molar-refractivity contribution < 1.29 is 4.79 Å². The van der Waals surface area contributed by atoms with Gasteiger partial charge in [0.25, 0.3) is 0 Å². The lowest BCUT2D eigenvalue weighted by atomic mass is 9.95. The molecule has 3 saturated heterocycles. The van der Waals surface area contributed by atoms with E-state index >= 15 is 0 Å². The molecule has 4 atom stereocenters. The molecule has 0 aromatic heterocycles. The molecule has 4 fully saturated rings. The Bertz CT molecular complexity index is 407. The lowest BCUT2D eigenvalue weighted by Gasteiger charge is -2.42. The second kappa shape index (κ2) is 4.70. The first-order valence-corrected chi connectivity index (χ1v) is 8.49. The second-order valence-electron chi connectivity index (χ2n) is 7.44. The predicted octanol–water partition coefficient (Wildman–Crippen LogP) is 1.21. The van der Waals surface area contributed by atoms with E-state index in [2.05, 4.69) is 29.0 Å². The van der Waals surface area contributed by atoms with Crippen LogP contribution in [0.5, 0.6) is 0 Å². The van der Waals surface area contributed by atoms with Gasteiger partial charge >= 0.3 is 0 Å². The smallest absolute Gasteiger partial charge is 0.241 e. The number of amides is 1. The molecule has 0 aromatic rings. The summed E-state index contributed by atoms with van der Waals surface area (Å²) in [6.07, 6.45) is 6.28. The normalized spacial score (nSPS) is 41.0. The zero-order valence-corrected chi connectivity index (χ0v) is 12.7. The first-order valence-electron chi connectivity index (χ1n) is 8.49. The third-order valence-corrected chi connectivity index (χ3v) is 5.82. The van der Waals surface area contributed by atoms with Crippen LogP contribution in [0, 0.1) is 5.92 Å². The summed E-state index contributed by atoms with van der Waals surface area (Å²) in [5.74, 6) is 1.21. The average Bonchev–Trinajstić information content (AvgIpc) is 3.31. The molecule has 0 radical (unpaired) electrons. The van der Waals surface area contributed by atoms with Gasteiger partial charge in [-0.2, -0.15) is 0 Å². The number of carbonyl (C=O) groups is 1. The van der Waals surface area contributed by atoms with E-state index in [1.165, 1.54) is 38.6 Å². The highest BCUT2D eigenvalue weighted by atomic mass is 16.2. The Kier molecular flexibility index (Phi) is 3.08. The van der Waals surface area contributed by atoms with Crippen LogP contribution in [0.2, 0.25) is 0 Å². The summed E-state index contributed by atoms with van der Waals surface area (Å²) in [5.41, 5.74) is 0. The van der Waals surface area contributed by atoms with Crippen LogP contribution in [-0.2, 0) is 4.79 Å². The van der Waals surface area contributed by atoms with Crippen molar-refractivity contribution in [3.63, 3.8) is 0 Å². The van der Waals surface area contributed by atoms with Gasteiger partial charge in [0, 0.05) is 30.7 Å². The largest absolute Gasteiger partial charge is 0.337 e. The topological polar surface area (TPSA) is 45.5 Å². The number of hydrogen-bond donors (Lipinski definition) is 1. The van der Waals surface area contributed by atoms with Gasteiger partial charge in [-0.3, -0.25) is 15.0 Å². The Hall–Kier alpha value is -0.610. The van der Waals surface area contributed by atoms with E-state index in [1.54, 1.807) is 0 Å². The summed E-state index contributed by atoms with van der Waals surface area (Å²) < 4.78 is 0. The Morgan fingerprint density at radius 1 is 1.10 bits per heavy atom. The van der Waals surface area contributed by atoms with E-state index in [-0.39, 0.29) is 6.04 Å². The maximum atomic E-state index is 12.7. The third kappa shape index (κ3) is 2.08. The van der Waals surface area contributed by atoms with Crippen molar-refractivity contribution in [2.45, 2.75) is 76.2 Å². The molecule has 1 N–H and O–H groups in total. The van der Waals surface area contributed by atoms with Crippen molar-refractivity contribution in [2.24, 2.45) is 5.92 Å². The number of nitrogens with one attached hydrogen (secondary N) is 1. The van der Waals surface area contributed by atoms with E-state index in [0.29, 0.717) is 30.1 Å². The van der Waals surface area contributed by atoms with Gasteiger partial charge in [0.2, 0.25) is 5.91 Å². The zero-order chi connectivity index (χ0) is 13.9. The summed E-state index contributed by atoms with van der Waals surface area (Å²) in [7, 11) is 0. The Labute approximate surface area is 121 Å². The third-order valence-electron chi connectivity index (χ3n) is 5.82. The second-order valence-corrected chi connectivity index (χ2v) is 7.44. The summed E-state index contributed by atoms with van der Waals surface area (Å²) in [4.78, 5) is 17.6. The first-order chi connectivity index (χ1) is 9.66. The molecule has 112 valence electrons. The number of nitrogens with zero attached hydrogens (tertiary/aromatic N) is 2. The monoisotopic (exact) mass is 277 g/mol. The molecule has 0 bridgehead atoms. The SMILES string of the molecule is CC(C)N1CCCC2C1CCN2C(=O)[C@@H]1N[C@H]1C1CC1. The van der Waals surface area contributed by atoms with Crippen LogP contribution in [0.4, 0.5) is 0 Å². The number of fused-ring (bicyclic) bond motifs is 1. The molecule has 1 saturated carbocycles. The van der Waals surface area contributed by atoms with Gasteiger partial charge in [0.1, 0.15) is 6.04 Å². The predicted molar refractivity (Wildman–Crippen MR) is 78.4 cm³/mol. The lowest BCUT2D eigenvalue weighted by molar-refractivity contribution is -0.132. The Balaban J connectivity index is 1.43. The van der Waals surface area contributed by atoms with Crippen molar-refractivity contribution in [1.82, 2.24) is 15.1 Å². The van der Waals surface area contributed by atoms with E-state index in [0.717, 1.165) is 12.5 Å². The van der Waals surface area contributed by atoms with Crippen molar-refractivity contribution >= 4 is 5.91 Å². The van der Waals surface area contributed by atoms with Crippen LogP contribution >= 0.6 is 0 Å². The highest BCUT2D eigenvalue weighted by Gasteiger charge is 2.54. The number of rotatable bonds is 3. The lowest BCUT2D eigenvalue weighted by Crippen LogP contribution is -2.53. The summed E-state index contributed by atoms with van der Waals surface area (Å²) in [6, 6.07) is 2.39. The minimum absolute atomic E-state index is 0.163. The minimum atomic E-state index is 0.163. The van der Waals surface area contributed by atoms with Gasteiger partial charge in [-0.25, -0.2) is 0 Å². The van der Waals surface area contributed by atoms with Crippen LogP contribution in [0.25, 0.3) is 0 Å². The molecule has 4 aliphatic rings. The van der Waals surface area contributed by atoms with Crippen LogP contribution in [0.1, 0.15) is 46.0 Å². The molecule has 2 unspecified atom stereocenters. The molecule has 4 heteroatoms. The first kappa shape index (κ1) is 13.1. The molecule has 4 nitrogen and oxygen atoms in total. The molecule has 3 heterocycles.